The van der Waals surface area contributed by atoms with Crippen LogP contribution in [0.1, 0.15) is 82.8 Å². The first kappa shape index (κ1) is 31.4. The van der Waals surface area contributed by atoms with Crippen LogP contribution in [-0.2, 0) is 5.41 Å². The summed E-state index contributed by atoms with van der Waals surface area (Å²) in [6.07, 6.45) is 1.87. The molecule has 242 valence electrons. The Labute approximate surface area is 283 Å². The fraction of sp³-hybridized carbons (Fsp3) is 0.256. The number of fused-ring (bicyclic) bond motifs is 3. The van der Waals surface area contributed by atoms with E-state index in [-0.39, 0.29) is 17.3 Å². The van der Waals surface area contributed by atoms with Crippen molar-refractivity contribution in [3.63, 3.8) is 0 Å². The predicted molar refractivity (Wildman–Crippen MR) is 199 cm³/mol. The minimum absolute atomic E-state index is 0.0571. The number of aryl methyl sites for hydroxylation is 1. The quantitative estimate of drug-likeness (QED) is 0.176. The van der Waals surface area contributed by atoms with Gasteiger partial charge in [0.15, 0.2) is 0 Å². The topological polar surface area (TPSA) is 44.9 Å². The van der Waals surface area contributed by atoms with Gasteiger partial charge >= 0.3 is 0 Å². The molecule has 0 saturated heterocycles. The Morgan fingerprint density at radius 1 is 0.688 bits per heavy atom. The van der Waals surface area contributed by atoms with Crippen molar-refractivity contribution in [3.8, 4) is 34.1 Å². The lowest BCUT2D eigenvalue weighted by molar-refractivity contribution is 0.482. The van der Waals surface area contributed by atoms with Crippen LogP contribution < -0.4 is 4.74 Å². The Bertz CT molecular complexity index is 2280. The zero-order chi connectivity index (χ0) is 33.7. The number of hydrogen-bond acceptors (Lipinski definition) is 3. The fourth-order valence-corrected chi connectivity index (χ4v) is 6.74. The largest absolute Gasteiger partial charge is 0.457 e. The first-order valence-electron chi connectivity index (χ1n) is 17.0. The van der Waals surface area contributed by atoms with Crippen molar-refractivity contribution in [2.45, 2.75) is 72.6 Å². The molecule has 5 nitrogen and oxygen atoms in total. The van der Waals surface area contributed by atoms with Gasteiger partial charge in [-0.25, -0.2) is 9.67 Å². The molecule has 4 aromatic carbocycles. The zero-order valence-electron chi connectivity index (χ0n) is 29.2. The van der Waals surface area contributed by atoms with Gasteiger partial charge in [-0.15, -0.1) is 0 Å². The molecule has 0 aliphatic rings. The summed E-state index contributed by atoms with van der Waals surface area (Å²) in [4.78, 5) is 4.74. The van der Waals surface area contributed by atoms with E-state index in [0.717, 1.165) is 45.1 Å². The molecule has 7 rings (SSSR count). The summed E-state index contributed by atoms with van der Waals surface area (Å²) in [5, 5.41) is 7.64. The second-order valence-electron chi connectivity index (χ2n) is 14.5. The standard InChI is InChI=1S/C43H44N4O/c1-27(2)41-40(30-13-11-14-31(24-30)43(6,7)8)42(28(3)4)47(45-41)32-15-12-16-33(25-32)48-34-19-20-36-35-17-9-10-18-37(35)46(38(36)26-34)39-23-29(5)21-22-44-39/h9-28H,1-8H3. The highest BCUT2D eigenvalue weighted by atomic mass is 16.5. The average molecular weight is 633 g/mol. The summed E-state index contributed by atoms with van der Waals surface area (Å²) >= 11 is 0. The molecule has 0 bridgehead atoms. The predicted octanol–water partition coefficient (Wildman–Crippen LogP) is 11.7. The van der Waals surface area contributed by atoms with E-state index in [4.69, 9.17) is 14.8 Å². The summed E-state index contributed by atoms with van der Waals surface area (Å²) < 4.78 is 11.0. The molecule has 3 aromatic heterocycles. The second-order valence-corrected chi connectivity index (χ2v) is 14.5. The summed E-state index contributed by atoms with van der Waals surface area (Å²) in [5.74, 6) is 2.93. The van der Waals surface area contributed by atoms with E-state index in [1.807, 2.05) is 18.3 Å². The van der Waals surface area contributed by atoms with Crippen LogP contribution in [0.2, 0.25) is 0 Å². The van der Waals surface area contributed by atoms with Crippen molar-refractivity contribution in [1.29, 1.82) is 0 Å². The molecular formula is C43H44N4O. The van der Waals surface area contributed by atoms with E-state index in [9.17, 15) is 0 Å². The maximum Gasteiger partial charge on any atom is 0.137 e. The van der Waals surface area contributed by atoms with Crippen LogP contribution >= 0.6 is 0 Å². The fourth-order valence-electron chi connectivity index (χ4n) is 6.74. The van der Waals surface area contributed by atoms with Crippen LogP contribution in [0.25, 0.3) is 44.4 Å². The minimum Gasteiger partial charge on any atom is -0.457 e. The highest BCUT2D eigenvalue weighted by Gasteiger charge is 2.25. The van der Waals surface area contributed by atoms with Crippen LogP contribution in [0, 0.1) is 6.92 Å². The van der Waals surface area contributed by atoms with E-state index in [0.29, 0.717) is 0 Å². The highest BCUT2D eigenvalue weighted by Crippen LogP contribution is 2.40. The molecule has 0 N–H and O–H groups in total. The lowest BCUT2D eigenvalue weighted by atomic mass is 9.84. The Morgan fingerprint density at radius 2 is 1.44 bits per heavy atom. The van der Waals surface area contributed by atoms with E-state index >= 15 is 0 Å². The van der Waals surface area contributed by atoms with Crippen molar-refractivity contribution < 1.29 is 4.74 Å². The van der Waals surface area contributed by atoms with E-state index in [1.165, 1.54) is 33.3 Å². The number of rotatable bonds is 7. The van der Waals surface area contributed by atoms with Crippen molar-refractivity contribution in [1.82, 2.24) is 19.3 Å². The molecule has 0 atom stereocenters. The number of benzene rings is 4. The van der Waals surface area contributed by atoms with Crippen LogP contribution in [0.15, 0.2) is 109 Å². The monoisotopic (exact) mass is 632 g/mol. The van der Waals surface area contributed by atoms with Gasteiger partial charge in [0.1, 0.15) is 17.3 Å². The van der Waals surface area contributed by atoms with Gasteiger partial charge in [-0.05, 0) is 83.3 Å². The number of hydrogen-bond donors (Lipinski definition) is 0. The zero-order valence-corrected chi connectivity index (χ0v) is 29.2. The molecule has 0 aliphatic heterocycles. The van der Waals surface area contributed by atoms with Gasteiger partial charge in [0.25, 0.3) is 0 Å². The summed E-state index contributed by atoms with van der Waals surface area (Å²) in [6.45, 7) is 17.9. The van der Waals surface area contributed by atoms with E-state index < -0.39 is 0 Å². The summed E-state index contributed by atoms with van der Waals surface area (Å²) in [5.41, 5.74) is 10.5. The van der Waals surface area contributed by atoms with Gasteiger partial charge in [0.2, 0.25) is 0 Å². The summed E-state index contributed by atoms with van der Waals surface area (Å²) in [6, 6.07) is 36.2. The number of nitrogens with zero attached hydrogens (tertiary/aromatic N) is 4. The van der Waals surface area contributed by atoms with E-state index in [2.05, 4.69) is 156 Å². The highest BCUT2D eigenvalue weighted by molar-refractivity contribution is 6.09. The molecule has 3 heterocycles. The average Bonchev–Trinajstić information content (AvgIpc) is 3.62. The van der Waals surface area contributed by atoms with Gasteiger partial charge in [-0.1, -0.05) is 97.0 Å². The van der Waals surface area contributed by atoms with Gasteiger partial charge in [0.05, 0.1) is 28.1 Å². The molecule has 0 aliphatic carbocycles. The first-order valence-corrected chi connectivity index (χ1v) is 17.0. The third-order valence-corrected chi connectivity index (χ3v) is 9.13. The third kappa shape index (κ3) is 5.68. The molecule has 0 spiro atoms. The molecule has 7 aromatic rings. The summed E-state index contributed by atoms with van der Waals surface area (Å²) in [7, 11) is 0. The van der Waals surface area contributed by atoms with Gasteiger partial charge < -0.3 is 4.74 Å². The van der Waals surface area contributed by atoms with Gasteiger partial charge in [-0.2, -0.15) is 5.10 Å². The van der Waals surface area contributed by atoms with Crippen LogP contribution in [0.5, 0.6) is 11.5 Å². The van der Waals surface area contributed by atoms with Crippen molar-refractivity contribution in [2.24, 2.45) is 0 Å². The number of pyridine rings is 1. The Hall–Kier alpha value is -5.16. The number of ether oxygens (including phenoxy) is 1. The molecule has 0 amide bonds. The lowest BCUT2D eigenvalue weighted by Crippen LogP contribution is -2.11. The number of aromatic nitrogens is 4. The van der Waals surface area contributed by atoms with Crippen LogP contribution in [0.4, 0.5) is 0 Å². The molecule has 0 fully saturated rings. The maximum atomic E-state index is 6.61. The normalized spacial score (nSPS) is 12.1. The van der Waals surface area contributed by atoms with Crippen molar-refractivity contribution in [3.05, 3.63) is 132 Å². The second kappa shape index (κ2) is 12.1. The lowest BCUT2D eigenvalue weighted by Gasteiger charge is -2.21. The van der Waals surface area contributed by atoms with E-state index in [1.54, 1.807) is 0 Å². The third-order valence-electron chi connectivity index (χ3n) is 9.13. The van der Waals surface area contributed by atoms with Gasteiger partial charge in [-0.3, -0.25) is 4.57 Å². The smallest absolute Gasteiger partial charge is 0.137 e. The molecule has 0 unspecified atom stereocenters. The molecule has 48 heavy (non-hydrogen) atoms. The number of para-hydroxylation sites is 1. The Kier molecular flexibility index (Phi) is 7.95. The molecule has 0 radical (unpaired) electrons. The minimum atomic E-state index is 0.0571. The molecular weight excluding hydrogens is 589 g/mol. The Balaban J connectivity index is 1.32. The van der Waals surface area contributed by atoms with Crippen molar-refractivity contribution >= 4 is 21.8 Å². The molecule has 5 heteroatoms. The first-order chi connectivity index (χ1) is 23.0. The SMILES string of the molecule is Cc1ccnc(-n2c3ccccc3c3ccc(Oc4cccc(-n5nc(C(C)C)c(-c6cccc(C(C)(C)C)c6)c5C(C)C)c4)cc32)c1. The van der Waals surface area contributed by atoms with Crippen molar-refractivity contribution in [2.75, 3.05) is 0 Å². The van der Waals surface area contributed by atoms with Crippen LogP contribution in [-0.4, -0.2) is 19.3 Å². The van der Waals surface area contributed by atoms with Gasteiger partial charge in [0, 0.05) is 34.7 Å². The molecule has 0 saturated carbocycles. The maximum absolute atomic E-state index is 6.61. The van der Waals surface area contributed by atoms with Crippen LogP contribution in [0.3, 0.4) is 0 Å². The Morgan fingerprint density at radius 3 is 2.19 bits per heavy atom.